The van der Waals surface area contributed by atoms with Gasteiger partial charge in [0.05, 0.1) is 0 Å². The quantitative estimate of drug-likeness (QED) is 0.655. The van der Waals surface area contributed by atoms with Crippen LogP contribution in [0.3, 0.4) is 0 Å². The van der Waals surface area contributed by atoms with Crippen molar-refractivity contribution in [3.8, 4) is 0 Å². The Balaban J connectivity index is 2.09. The van der Waals surface area contributed by atoms with Gasteiger partial charge in [-0.25, -0.2) is 4.39 Å². The molecular formula is C16H17F. The third kappa shape index (κ3) is 3.16. The van der Waals surface area contributed by atoms with E-state index >= 15 is 0 Å². The van der Waals surface area contributed by atoms with Gasteiger partial charge < -0.3 is 0 Å². The number of halogens is 1. The van der Waals surface area contributed by atoms with Gasteiger partial charge in [-0.1, -0.05) is 35.9 Å². The molecule has 0 fully saturated rings. The summed E-state index contributed by atoms with van der Waals surface area (Å²) in [5.41, 5.74) is 3.28. The largest absolute Gasteiger partial charge is 0.207 e. The van der Waals surface area contributed by atoms with Crippen LogP contribution in [0.4, 0.5) is 4.39 Å². The smallest absolute Gasteiger partial charge is 0.123 e. The predicted molar refractivity (Wildman–Crippen MR) is 71.1 cm³/mol. The molecule has 0 nitrogen and oxygen atoms in total. The second kappa shape index (κ2) is 5.13. The first-order valence-corrected chi connectivity index (χ1v) is 5.94. The van der Waals surface area contributed by atoms with Gasteiger partial charge in [0.25, 0.3) is 0 Å². The second-order valence-corrected chi connectivity index (χ2v) is 4.69. The van der Waals surface area contributed by atoms with Crippen LogP contribution in [0, 0.1) is 11.7 Å². The van der Waals surface area contributed by atoms with Crippen LogP contribution in [0.1, 0.15) is 25.3 Å². The lowest BCUT2D eigenvalue weighted by molar-refractivity contribution is 0.627. The molecule has 0 spiro atoms. The van der Waals surface area contributed by atoms with E-state index in [0.717, 1.165) is 24.0 Å². The summed E-state index contributed by atoms with van der Waals surface area (Å²) in [6.07, 6.45) is 8.52. The molecule has 0 bridgehead atoms. The first kappa shape index (κ1) is 11.8. The summed E-state index contributed by atoms with van der Waals surface area (Å²) < 4.78 is 13.1. The number of allylic oxidation sites excluding steroid dienone is 5. The second-order valence-electron chi connectivity index (χ2n) is 4.69. The van der Waals surface area contributed by atoms with Crippen molar-refractivity contribution in [1.29, 1.82) is 0 Å². The fraction of sp³-hybridized carbons (Fsp3) is 0.250. The zero-order valence-electron chi connectivity index (χ0n) is 10.1. The summed E-state index contributed by atoms with van der Waals surface area (Å²) >= 11 is 0. The molecule has 1 unspecified atom stereocenters. The minimum absolute atomic E-state index is 0.180. The van der Waals surface area contributed by atoms with Crippen molar-refractivity contribution in [1.82, 2.24) is 0 Å². The van der Waals surface area contributed by atoms with E-state index in [-0.39, 0.29) is 5.82 Å². The first-order valence-electron chi connectivity index (χ1n) is 5.94. The van der Waals surface area contributed by atoms with Gasteiger partial charge >= 0.3 is 0 Å². The van der Waals surface area contributed by atoms with Crippen molar-refractivity contribution >= 4 is 5.57 Å². The Hall–Kier alpha value is -1.63. The molecule has 17 heavy (non-hydrogen) atoms. The fourth-order valence-electron chi connectivity index (χ4n) is 2.15. The zero-order chi connectivity index (χ0) is 12.3. The Kier molecular flexibility index (Phi) is 3.58. The van der Waals surface area contributed by atoms with Crippen LogP contribution in [-0.4, -0.2) is 0 Å². The molecule has 1 aliphatic rings. The summed E-state index contributed by atoms with van der Waals surface area (Å²) in [5, 5.41) is 0. The van der Waals surface area contributed by atoms with E-state index in [1.807, 2.05) is 6.07 Å². The predicted octanol–water partition coefficient (Wildman–Crippen LogP) is 4.75. The lowest BCUT2D eigenvalue weighted by Crippen LogP contribution is -2.00. The molecule has 0 heterocycles. The first-order chi connectivity index (χ1) is 8.15. The van der Waals surface area contributed by atoms with Crippen LogP contribution in [0.5, 0.6) is 0 Å². The van der Waals surface area contributed by atoms with Crippen LogP contribution in [0.15, 0.2) is 54.6 Å². The third-order valence-electron chi connectivity index (χ3n) is 2.96. The molecule has 1 heteroatoms. The Bertz CT molecular complexity index is 480. The maximum atomic E-state index is 13.1. The maximum absolute atomic E-state index is 13.1. The Labute approximate surface area is 102 Å². The minimum Gasteiger partial charge on any atom is -0.207 e. The Morgan fingerprint density at radius 3 is 2.88 bits per heavy atom. The summed E-state index contributed by atoms with van der Waals surface area (Å²) in [7, 11) is 0. The summed E-state index contributed by atoms with van der Waals surface area (Å²) in [4.78, 5) is 0. The molecule has 0 N–H and O–H groups in total. The Morgan fingerprint density at radius 1 is 1.47 bits per heavy atom. The van der Waals surface area contributed by atoms with Crippen LogP contribution < -0.4 is 0 Å². The number of hydrogen-bond donors (Lipinski definition) is 0. The lowest BCUT2D eigenvalue weighted by Gasteiger charge is -2.16. The standard InChI is InChI=1S/C16H17F/c1-12(2)10-13-6-8-14(9-7-13)15-4-3-5-16(17)11-15/h3-6,8-9,11,13H,1,7,10H2,2H3. The lowest BCUT2D eigenvalue weighted by atomic mass is 9.89. The van der Waals surface area contributed by atoms with Gasteiger partial charge in [-0.2, -0.15) is 0 Å². The number of benzene rings is 1. The summed E-state index contributed by atoms with van der Waals surface area (Å²) in [5.74, 6) is 0.366. The highest BCUT2D eigenvalue weighted by molar-refractivity contribution is 5.74. The summed E-state index contributed by atoms with van der Waals surface area (Å²) in [6, 6.07) is 6.74. The topological polar surface area (TPSA) is 0 Å². The van der Waals surface area contributed by atoms with E-state index in [9.17, 15) is 4.39 Å². The van der Waals surface area contributed by atoms with Gasteiger partial charge in [0, 0.05) is 0 Å². The zero-order valence-corrected chi connectivity index (χ0v) is 10.1. The van der Waals surface area contributed by atoms with E-state index < -0.39 is 0 Å². The van der Waals surface area contributed by atoms with Crippen molar-refractivity contribution in [2.45, 2.75) is 19.8 Å². The molecule has 0 aromatic heterocycles. The minimum atomic E-state index is -0.180. The molecule has 1 aliphatic carbocycles. The van der Waals surface area contributed by atoms with E-state index in [1.54, 1.807) is 12.1 Å². The average Bonchev–Trinajstić information content (AvgIpc) is 2.29. The van der Waals surface area contributed by atoms with Gasteiger partial charge in [0.2, 0.25) is 0 Å². The number of rotatable bonds is 3. The van der Waals surface area contributed by atoms with E-state index in [4.69, 9.17) is 0 Å². The molecule has 0 saturated carbocycles. The third-order valence-corrected chi connectivity index (χ3v) is 2.96. The normalized spacial score (nSPS) is 18.9. The van der Waals surface area contributed by atoms with Gasteiger partial charge in [0.1, 0.15) is 5.82 Å². The van der Waals surface area contributed by atoms with Crippen LogP contribution >= 0.6 is 0 Å². The highest BCUT2D eigenvalue weighted by Gasteiger charge is 2.10. The summed E-state index contributed by atoms with van der Waals surface area (Å²) in [6.45, 7) is 5.99. The molecule has 1 aromatic carbocycles. The maximum Gasteiger partial charge on any atom is 0.123 e. The van der Waals surface area contributed by atoms with Crippen molar-refractivity contribution in [3.63, 3.8) is 0 Å². The monoisotopic (exact) mass is 228 g/mol. The molecule has 2 rings (SSSR count). The van der Waals surface area contributed by atoms with Crippen molar-refractivity contribution < 1.29 is 4.39 Å². The van der Waals surface area contributed by atoms with Crippen molar-refractivity contribution in [3.05, 3.63) is 66.0 Å². The molecule has 0 saturated heterocycles. The van der Waals surface area contributed by atoms with Crippen molar-refractivity contribution in [2.24, 2.45) is 5.92 Å². The van der Waals surface area contributed by atoms with Gasteiger partial charge in [-0.15, -0.1) is 6.58 Å². The Morgan fingerprint density at radius 2 is 2.29 bits per heavy atom. The number of hydrogen-bond acceptors (Lipinski definition) is 0. The van der Waals surface area contributed by atoms with E-state index in [1.165, 1.54) is 11.6 Å². The van der Waals surface area contributed by atoms with E-state index in [0.29, 0.717) is 5.92 Å². The van der Waals surface area contributed by atoms with Gasteiger partial charge in [0.15, 0.2) is 0 Å². The van der Waals surface area contributed by atoms with Crippen molar-refractivity contribution in [2.75, 3.05) is 0 Å². The fourth-order valence-corrected chi connectivity index (χ4v) is 2.15. The molecule has 1 atom stereocenters. The molecular weight excluding hydrogens is 211 g/mol. The van der Waals surface area contributed by atoms with E-state index in [2.05, 4.69) is 31.7 Å². The van der Waals surface area contributed by atoms with Crippen LogP contribution in [0.25, 0.3) is 5.57 Å². The molecule has 0 amide bonds. The molecule has 0 aliphatic heterocycles. The molecule has 0 radical (unpaired) electrons. The van der Waals surface area contributed by atoms with Gasteiger partial charge in [-0.05, 0) is 49.0 Å². The average molecular weight is 228 g/mol. The highest BCUT2D eigenvalue weighted by Crippen LogP contribution is 2.27. The SMILES string of the molecule is C=C(C)CC1C=CC(c2cccc(F)c2)=CC1. The highest BCUT2D eigenvalue weighted by atomic mass is 19.1. The van der Waals surface area contributed by atoms with Gasteiger partial charge in [-0.3, -0.25) is 0 Å². The van der Waals surface area contributed by atoms with Crippen LogP contribution in [-0.2, 0) is 0 Å². The molecule has 88 valence electrons. The van der Waals surface area contributed by atoms with Crippen LogP contribution in [0.2, 0.25) is 0 Å². The molecule has 1 aromatic rings.